The van der Waals surface area contributed by atoms with E-state index in [4.69, 9.17) is 4.74 Å². The molecule has 0 bridgehead atoms. The van der Waals surface area contributed by atoms with Gasteiger partial charge in [0.25, 0.3) is 5.88 Å². The Balaban J connectivity index is 1.77. The van der Waals surface area contributed by atoms with E-state index >= 15 is 0 Å². The third kappa shape index (κ3) is 4.32. The highest BCUT2D eigenvalue weighted by Gasteiger charge is 2.48. The quantitative estimate of drug-likeness (QED) is 0.599. The lowest BCUT2D eigenvalue weighted by Crippen LogP contribution is -2.22. The molecular weight excluding hydrogens is 388 g/mol. The normalized spacial score (nSPS) is 16.3. The molecule has 1 fully saturated rings. The molecule has 0 amide bonds. The number of fused-ring (bicyclic) bond motifs is 1. The van der Waals surface area contributed by atoms with Crippen LogP contribution in [0.15, 0.2) is 48.8 Å². The molecule has 1 aromatic carbocycles. The van der Waals surface area contributed by atoms with Gasteiger partial charge >= 0.3 is 0 Å². The molecule has 1 aliphatic carbocycles. The number of hydrogen-bond acceptors (Lipinski definition) is 6. The molecule has 0 saturated heterocycles. The molecule has 7 nitrogen and oxygen atoms in total. The highest BCUT2D eigenvalue weighted by atomic mass is 32.2. The molecule has 1 aliphatic rings. The first-order valence-electron chi connectivity index (χ1n) is 9.74. The number of hydrogen-bond donors (Lipinski definition) is 1. The summed E-state index contributed by atoms with van der Waals surface area (Å²) >= 11 is 0. The van der Waals surface area contributed by atoms with Gasteiger partial charge in [-0.25, -0.2) is 18.4 Å². The van der Waals surface area contributed by atoms with Gasteiger partial charge in [0.2, 0.25) is 15.8 Å². The maximum atomic E-state index is 12.4. The second-order valence-electron chi connectivity index (χ2n) is 7.73. The fourth-order valence-electron chi connectivity index (χ4n) is 3.31. The van der Waals surface area contributed by atoms with Crippen LogP contribution in [0.5, 0.6) is 5.88 Å². The van der Waals surface area contributed by atoms with Gasteiger partial charge in [-0.2, -0.15) is 0 Å². The fourth-order valence-corrected chi connectivity index (χ4v) is 4.38. The summed E-state index contributed by atoms with van der Waals surface area (Å²) in [6.07, 6.45) is 5.75. The van der Waals surface area contributed by atoms with Crippen molar-refractivity contribution in [1.82, 2.24) is 15.0 Å². The third-order valence-corrected chi connectivity index (χ3v) is 6.60. The van der Waals surface area contributed by atoms with Gasteiger partial charge in [-0.3, -0.25) is 9.71 Å². The first-order chi connectivity index (χ1) is 13.9. The van der Waals surface area contributed by atoms with E-state index < -0.39 is 10.0 Å². The Bertz CT molecular complexity index is 1120. The molecule has 1 unspecified atom stereocenters. The van der Waals surface area contributed by atoms with Crippen molar-refractivity contribution in [2.75, 3.05) is 10.5 Å². The van der Waals surface area contributed by atoms with E-state index in [-0.39, 0.29) is 29.0 Å². The predicted molar refractivity (Wildman–Crippen MR) is 112 cm³/mol. The van der Waals surface area contributed by atoms with Gasteiger partial charge in [0.1, 0.15) is 6.10 Å². The standard InChI is InChI=1S/C21H24N4O3S/c1-3-13-29(26,27)25-19-20(24-17-9-5-4-8-16(17)23-19)28-18(21(2)10-11-21)15-7-6-12-22-14-15/h4-9,12,14,18H,3,10-11,13H2,1-2H3,(H,23,25). The van der Waals surface area contributed by atoms with E-state index in [0.29, 0.717) is 17.5 Å². The summed E-state index contributed by atoms with van der Waals surface area (Å²) in [5.74, 6) is 0.311. The number of aromatic nitrogens is 3. The van der Waals surface area contributed by atoms with Crippen molar-refractivity contribution in [2.24, 2.45) is 5.41 Å². The van der Waals surface area contributed by atoms with Crippen LogP contribution >= 0.6 is 0 Å². The molecule has 0 spiro atoms. The average Bonchev–Trinajstić information content (AvgIpc) is 3.44. The van der Waals surface area contributed by atoms with Crippen LogP contribution in [-0.4, -0.2) is 29.1 Å². The molecule has 8 heteroatoms. The lowest BCUT2D eigenvalue weighted by atomic mass is 9.96. The van der Waals surface area contributed by atoms with E-state index in [9.17, 15) is 8.42 Å². The minimum atomic E-state index is -3.54. The number of rotatable bonds is 8. The molecule has 3 aromatic rings. The highest BCUT2D eigenvalue weighted by molar-refractivity contribution is 7.92. The van der Waals surface area contributed by atoms with Gasteiger partial charge in [0, 0.05) is 23.4 Å². The molecule has 4 rings (SSSR count). The Morgan fingerprint density at radius 2 is 1.86 bits per heavy atom. The predicted octanol–water partition coefficient (Wildman–Crippen LogP) is 4.10. The smallest absolute Gasteiger partial charge is 0.259 e. The summed E-state index contributed by atoms with van der Waals surface area (Å²) in [7, 11) is -3.54. The van der Waals surface area contributed by atoms with Crippen molar-refractivity contribution in [3.63, 3.8) is 0 Å². The van der Waals surface area contributed by atoms with Gasteiger partial charge in [0.15, 0.2) is 0 Å². The average molecular weight is 413 g/mol. The van der Waals surface area contributed by atoms with Crippen LogP contribution in [0.3, 0.4) is 0 Å². The van der Waals surface area contributed by atoms with Crippen molar-refractivity contribution in [3.05, 3.63) is 54.4 Å². The molecule has 1 saturated carbocycles. The second kappa shape index (κ2) is 7.59. The first-order valence-corrected chi connectivity index (χ1v) is 11.4. The minimum absolute atomic E-state index is 0.00466. The summed E-state index contributed by atoms with van der Waals surface area (Å²) in [5, 5.41) is 0. The van der Waals surface area contributed by atoms with Crippen molar-refractivity contribution < 1.29 is 13.2 Å². The van der Waals surface area contributed by atoms with Gasteiger partial charge in [-0.05, 0) is 37.5 Å². The molecule has 1 N–H and O–H groups in total. The van der Waals surface area contributed by atoms with E-state index in [1.165, 1.54) is 0 Å². The van der Waals surface area contributed by atoms with E-state index in [0.717, 1.165) is 18.4 Å². The Labute approximate surface area is 170 Å². The molecular formula is C21H24N4O3S. The van der Waals surface area contributed by atoms with Gasteiger partial charge in [-0.15, -0.1) is 0 Å². The third-order valence-electron chi connectivity index (χ3n) is 5.15. The number of ether oxygens (including phenoxy) is 1. The first kappa shape index (κ1) is 19.6. The van der Waals surface area contributed by atoms with Gasteiger partial charge in [-0.1, -0.05) is 32.0 Å². The number of nitrogens with zero attached hydrogens (tertiary/aromatic N) is 3. The molecule has 0 radical (unpaired) electrons. The van der Waals surface area contributed by atoms with Crippen molar-refractivity contribution >= 4 is 26.9 Å². The summed E-state index contributed by atoms with van der Waals surface area (Å²) < 4.78 is 33.7. The SMILES string of the molecule is CCCS(=O)(=O)Nc1nc2ccccc2nc1OC(c1cccnc1)C1(C)CC1. The summed E-state index contributed by atoms with van der Waals surface area (Å²) in [5.41, 5.74) is 2.14. The van der Waals surface area contributed by atoms with Crippen LogP contribution < -0.4 is 9.46 Å². The Morgan fingerprint density at radius 3 is 2.48 bits per heavy atom. The van der Waals surface area contributed by atoms with Crippen LogP contribution in [0.4, 0.5) is 5.82 Å². The van der Waals surface area contributed by atoms with Crippen molar-refractivity contribution in [3.8, 4) is 5.88 Å². The molecule has 2 aromatic heterocycles. The van der Waals surface area contributed by atoms with Crippen molar-refractivity contribution in [2.45, 2.75) is 39.2 Å². The van der Waals surface area contributed by atoms with E-state index in [2.05, 4.69) is 26.6 Å². The zero-order valence-electron chi connectivity index (χ0n) is 16.5. The number of anilines is 1. The maximum Gasteiger partial charge on any atom is 0.259 e. The molecule has 2 heterocycles. The minimum Gasteiger partial charge on any atom is -0.466 e. The van der Waals surface area contributed by atoms with Crippen LogP contribution in [0.25, 0.3) is 11.0 Å². The van der Waals surface area contributed by atoms with Gasteiger partial charge < -0.3 is 4.74 Å². The second-order valence-corrected chi connectivity index (χ2v) is 9.57. The summed E-state index contributed by atoms with van der Waals surface area (Å²) in [4.78, 5) is 13.3. The maximum absolute atomic E-state index is 12.4. The number of benzene rings is 1. The Morgan fingerprint density at radius 1 is 1.14 bits per heavy atom. The number of para-hydroxylation sites is 2. The highest BCUT2D eigenvalue weighted by Crippen LogP contribution is 2.56. The Hall–Kier alpha value is -2.74. The topological polar surface area (TPSA) is 94.1 Å². The van der Waals surface area contributed by atoms with E-state index in [1.807, 2.05) is 37.3 Å². The monoisotopic (exact) mass is 412 g/mol. The van der Waals surface area contributed by atoms with E-state index in [1.54, 1.807) is 18.5 Å². The molecule has 1 atom stereocenters. The lowest BCUT2D eigenvalue weighted by Gasteiger charge is -2.25. The fraction of sp³-hybridized carbons (Fsp3) is 0.381. The van der Waals surface area contributed by atoms with Crippen LogP contribution in [0.1, 0.15) is 44.8 Å². The Kier molecular flexibility index (Phi) is 5.12. The van der Waals surface area contributed by atoms with Crippen LogP contribution in [-0.2, 0) is 10.0 Å². The summed E-state index contributed by atoms with van der Waals surface area (Å²) in [6.45, 7) is 3.97. The number of pyridine rings is 1. The summed E-state index contributed by atoms with van der Waals surface area (Å²) in [6, 6.07) is 11.2. The molecule has 152 valence electrons. The molecule has 29 heavy (non-hydrogen) atoms. The number of sulfonamides is 1. The van der Waals surface area contributed by atoms with Crippen LogP contribution in [0.2, 0.25) is 0 Å². The van der Waals surface area contributed by atoms with Crippen LogP contribution in [0, 0.1) is 5.41 Å². The largest absolute Gasteiger partial charge is 0.466 e. The van der Waals surface area contributed by atoms with Crippen molar-refractivity contribution in [1.29, 1.82) is 0 Å². The number of nitrogens with one attached hydrogen (secondary N) is 1. The molecule has 0 aliphatic heterocycles. The van der Waals surface area contributed by atoms with Gasteiger partial charge in [0.05, 0.1) is 16.8 Å². The zero-order chi connectivity index (χ0) is 20.5. The zero-order valence-corrected chi connectivity index (χ0v) is 17.3. The lowest BCUT2D eigenvalue weighted by molar-refractivity contribution is 0.124.